The van der Waals surface area contributed by atoms with Gasteiger partial charge in [0, 0.05) is 23.9 Å². The van der Waals surface area contributed by atoms with Gasteiger partial charge in [-0.25, -0.2) is 0 Å². The summed E-state index contributed by atoms with van der Waals surface area (Å²) in [7, 11) is 0. The largest absolute Gasteiger partial charge is 0.494 e. The van der Waals surface area contributed by atoms with Gasteiger partial charge in [0.25, 0.3) is 0 Å². The van der Waals surface area contributed by atoms with Gasteiger partial charge >= 0.3 is 0 Å². The van der Waals surface area contributed by atoms with E-state index in [1.54, 1.807) is 0 Å². The van der Waals surface area contributed by atoms with Gasteiger partial charge in [-0.2, -0.15) is 0 Å². The van der Waals surface area contributed by atoms with Gasteiger partial charge < -0.3 is 14.6 Å². The Morgan fingerprint density at radius 3 is 2.84 bits per heavy atom. The molecule has 19 heavy (non-hydrogen) atoms. The molecule has 0 atom stereocenters. The van der Waals surface area contributed by atoms with Crippen LogP contribution in [0, 0.1) is 13.8 Å². The van der Waals surface area contributed by atoms with Crippen LogP contribution in [0.25, 0.3) is 0 Å². The predicted octanol–water partition coefficient (Wildman–Crippen LogP) is 3.69. The summed E-state index contributed by atoms with van der Waals surface area (Å²) < 4.78 is 10.8. The fourth-order valence-corrected chi connectivity index (χ4v) is 1.86. The van der Waals surface area contributed by atoms with Crippen molar-refractivity contribution in [3.63, 3.8) is 0 Å². The first-order valence-corrected chi connectivity index (χ1v) is 6.59. The Kier molecular flexibility index (Phi) is 4.44. The summed E-state index contributed by atoms with van der Waals surface area (Å²) >= 11 is 0. The minimum absolute atomic E-state index is 0.707. The molecule has 0 aliphatic rings. The fraction of sp³-hybridized carbons (Fsp3) is 0.400. The lowest BCUT2D eigenvalue weighted by molar-refractivity contribution is 0.317. The molecule has 2 rings (SSSR count). The molecule has 1 heterocycles. The van der Waals surface area contributed by atoms with Gasteiger partial charge in [0.1, 0.15) is 11.5 Å². The second-order valence-corrected chi connectivity index (χ2v) is 4.53. The minimum Gasteiger partial charge on any atom is -0.494 e. The van der Waals surface area contributed by atoms with Gasteiger partial charge in [0.15, 0.2) is 0 Å². The van der Waals surface area contributed by atoms with Crippen LogP contribution in [0.15, 0.2) is 28.8 Å². The molecule has 0 saturated heterocycles. The average molecular weight is 260 g/mol. The summed E-state index contributed by atoms with van der Waals surface area (Å²) in [6.45, 7) is 7.43. The maximum absolute atomic E-state index is 5.61. The predicted molar refractivity (Wildman–Crippen MR) is 75.5 cm³/mol. The first kappa shape index (κ1) is 13.5. The molecular weight excluding hydrogens is 240 g/mol. The van der Waals surface area contributed by atoms with E-state index in [9.17, 15) is 0 Å². The number of nitrogens with zero attached hydrogens (tertiary/aromatic N) is 1. The van der Waals surface area contributed by atoms with E-state index in [4.69, 9.17) is 9.26 Å². The van der Waals surface area contributed by atoms with Gasteiger partial charge in [0.2, 0.25) is 0 Å². The highest BCUT2D eigenvalue weighted by Gasteiger charge is 2.08. The molecule has 0 amide bonds. The lowest BCUT2D eigenvalue weighted by Gasteiger charge is -2.09. The van der Waals surface area contributed by atoms with Gasteiger partial charge in [-0.15, -0.1) is 0 Å². The van der Waals surface area contributed by atoms with Crippen molar-refractivity contribution in [3.05, 3.63) is 41.3 Å². The Bertz CT molecular complexity index is 515. The Labute approximate surface area is 113 Å². The van der Waals surface area contributed by atoms with Crippen molar-refractivity contribution in [2.75, 3.05) is 11.9 Å². The smallest absolute Gasteiger partial charge is 0.138 e. The normalized spacial score (nSPS) is 10.5. The van der Waals surface area contributed by atoms with Gasteiger partial charge in [-0.1, -0.05) is 18.1 Å². The molecule has 0 bridgehead atoms. The van der Waals surface area contributed by atoms with Crippen molar-refractivity contribution in [2.24, 2.45) is 0 Å². The topological polar surface area (TPSA) is 47.3 Å². The standard InChI is InChI=1S/C15H20N2O2/c1-4-8-18-14-7-5-6-13(9-14)16-10-15-11(2)17-19-12(15)3/h5-7,9,16H,4,8,10H2,1-3H3. The zero-order valence-electron chi connectivity index (χ0n) is 11.7. The molecular formula is C15H20N2O2. The molecule has 1 N–H and O–H groups in total. The number of aryl methyl sites for hydroxylation is 2. The molecule has 102 valence electrons. The van der Waals surface area contributed by atoms with Crippen LogP contribution in [0.3, 0.4) is 0 Å². The van der Waals surface area contributed by atoms with Gasteiger partial charge in [-0.05, 0) is 32.4 Å². The van der Waals surface area contributed by atoms with Crippen LogP contribution >= 0.6 is 0 Å². The highest BCUT2D eigenvalue weighted by molar-refractivity contribution is 5.48. The first-order valence-electron chi connectivity index (χ1n) is 6.59. The summed E-state index contributed by atoms with van der Waals surface area (Å²) in [5.41, 5.74) is 3.08. The molecule has 0 aliphatic heterocycles. The maximum atomic E-state index is 5.61. The van der Waals surface area contributed by atoms with Crippen molar-refractivity contribution in [3.8, 4) is 5.75 Å². The number of benzene rings is 1. The molecule has 1 aromatic heterocycles. The summed E-state index contributed by atoms with van der Waals surface area (Å²) in [6, 6.07) is 7.99. The third kappa shape index (κ3) is 3.50. The fourth-order valence-electron chi connectivity index (χ4n) is 1.86. The Morgan fingerprint density at radius 2 is 2.16 bits per heavy atom. The molecule has 2 aromatic rings. The first-order chi connectivity index (χ1) is 9.20. The minimum atomic E-state index is 0.707. The van der Waals surface area contributed by atoms with Gasteiger partial charge in [0.05, 0.1) is 12.3 Å². The summed E-state index contributed by atoms with van der Waals surface area (Å²) in [5, 5.41) is 7.31. The van der Waals surface area contributed by atoms with E-state index in [0.717, 1.165) is 41.5 Å². The molecule has 0 fully saturated rings. The van der Waals surface area contributed by atoms with E-state index in [2.05, 4.69) is 17.4 Å². The zero-order valence-corrected chi connectivity index (χ0v) is 11.7. The van der Waals surface area contributed by atoms with Crippen LogP contribution in [-0.2, 0) is 6.54 Å². The molecule has 0 radical (unpaired) electrons. The number of rotatable bonds is 6. The average Bonchev–Trinajstić information content (AvgIpc) is 2.74. The van der Waals surface area contributed by atoms with Crippen LogP contribution in [-0.4, -0.2) is 11.8 Å². The highest BCUT2D eigenvalue weighted by Crippen LogP contribution is 2.19. The van der Waals surface area contributed by atoms with Crippen LogP contribution < -0.4 is 10.1 Å². The molecule has 0 saturated carbocycles. The third-order valence-electron chi connectivity index (χ3n) is 2.96. The van der Waals surface area contributed by atoms with Crippen LogP contribution in [0.5, 0.6) is 5.75 Å². The van der Waals surface area contributed by atoms with E-state index in [1.807, 2.05) is 38.1 Å². The van der Waals surface area contributed by atoms with Crippen molar-refractivity contribution in [2.45, 2.75) is 33.7 Å². The summed E-state index contributed by atoms with van der Waals surface area (Å²) in [5.74, 6) is 1.76. The number of anilines is 1. The lowest BCUT2D eigenvalue weighted by Crippen LogP contribution is -2.02. The zero-order chi connectivity index (χ0) is 13.7. The van der Waals surface area contributed by atoms with Crippen LogP contribution in [0.4, 0.5) is 5.69 Å². The molecule has 0 unspecified atom stereocenters. The Balaban J connectivity index is 1.99. The number of ether oxygens (including phenoxy) is 1. The summed E-state index contributed by atoms with van der Waals surface area (Å²) in [6.07, 6.45) is 1.01. The second-order valence-electron chi connectivity index (χ2n) is 4.53. The SMILES string of the molecule is CCCOc1cccc(NCc2c(C)noc2C)c1. The number of aromatic nitrogens is 1. The van der Waals surface area contributed by atoms with Crippen LogP contribution in [0.1, 0.15) is 30.4 Å². The van der Waals surface area contributed by atoms with E-state index in [-0.39, 0.29) is 0 Å². The molecule has 0 spiro atoms. The van der Waals surface area contributed by atoms with Gasteiger partial charge in [-0.3, -0.25) is 0 Å². The quantitative estimate of drug-likeness (QED) is 0.860. The molecule has 1 aromatic carbocycles. The third-order valence-corrected chi connectivity index (χ3v) is 2.96. The number of hydrogen-bond donors (Lipinski definition) is 1. The Hall–Kier alpha value is -1.97. The van der Waals surface area contributed by atoms with Crippen LogP contribution in [0.2, 0.25) is 0 Å². The molecule has 4 nitrogen and oxygen atoms in total. The second kappa shape index (κ2) is 6.27. The monoisotopic (exact) mass is 260 g/mol. The van der Waals surface area contributed by atoms with Crippen molar-refractivity contribution in [1.82, 2.24) is 5.16 Å². The van der Waals surface area contributed by atoms with E-state index >= 15 is 0 Å². The van der Waals surface area contributed by atoms with E-state index in [1.165, 1.54) is 0 Å². The molecule has 4 heteroatoms. The number of hydrogen-bond acceptors (Lipinski definition) is 4. The van der Waals surface area contributed by atoms with Crippen molar-refractivity contribution < 1.29 is 9.26 Å². The molecule has 0 aliphatic carbocycles. The summed E-state index contributed by atoms with van der Waals surface area (Å²) in [4.78, 5) is 0. The van der Waals surface area contributed by atoms with Crippen molar-refractivity contribution >= 4 is 5.69 Å². The lowest BCUT2D eigenvalue weighted by atomic mass is 10.2. The number of nitrogens with one attached hydrogen (secondary N) is 1. The Morgan fingerprint density at radius 1 is 1.32 bits per heavy atom. The maximum Gasteiger partial charge on any atom is 0.138 e. The van der Waals surface area contributed by atoms with E-state index < -0.39 is 0 Å². The highest BCUT2D eigenvalue weighted by atomic mass is 16.5. The van der Waals surface area contributed by atoms with Crippen molar-refractivity contribution in [1.29, 1.82) is 0 Å². The van der Waals surface area contributed by atoms with E-state index in [0.29, 0.717) is 6.54 Å².